The monoisotopic (exact) mass is 448 g/mol. The molecular formula is C28H28N6. The average molecular weight is 449 g/mol. The molecule has 0 radical (unpaired) electrons. The Balaban J connectivity index is 1.45. The molecule has 4 heterocycles. The summed E-state index contributed by atoms with van der Waals surface area (Å²) >= 11 is 0. The highest BCUT2D eigenvalue weighted by atomic mass is 15.2. The molecule has 2 atom stereocenters. The van der Waals surface area contributed by atoms with Crippen molar-refractivity contribution in [2.75, 3.05) is 18.0 Å². The number of hydrogen-bond donors (Lipinski definition) is 1. The second-order valence-electron chi connectivity index (χ2n) is 9.68. The predicted octanol–water partition coefficient (Wildman–Crippen LogP) is 4.74. The van der Waals surface area contributed by atoms with Crippen molar-refractivity contribution in [3.05, 3.63) is 77.7 Å². The zero-order valence-corrected chi connectivity index (χ0v) is 19.8. The zero-order chi connectivity index (χ0) is 23.4. The fourth-order valence-corrected chi connectivity index (χ4v) is 5.48. The zero-order valence-electron chi connectivity index (χ0n) is 19.8. The molecule has 6 heteroatoms. The van der Waals surface area contributed by atoms with Crippen LogP contribution in [0.15, 0.2) is 60.9 Å². The molecule has 0 aliphatic carbocycles. The highest BCUT2D eigenvalue weighted by Crippen LogP contribution is 2.36. The van der Waals surface area contributed by atoms with Crippen molar-refractivity contribution in [1.29, 1.82) is 5.26 Å². The molecule has 2 aliphatic heterocycles. The van der Waals surface area contributed by atoms with Crippen LogP contribution in [0.2, 0.25) is 0 Å². The Morgan fingerprint density at radius 1 is 1.00 bits per heavy atom. The highest BCUT2D eigenvalue weighted by molar-refractivity contribution is 5.73. The Labute approximate surface area is 200 Å². The van der Waals surface area contributed by atoms with Crippen molar-refractivity contribution in [3.8, 4) is 34.4 Å². The standard InChI is InChI=1S/C28H28N6/c1-18-14-32(15-19(2)31-18)25-8-9-26-24(10-25)17-33-16-23(22-6-4-21(12-29)5-7-22)11-27(33)28-30-13-20(3)34(26)28/h4-11,13,16,18-19,31H,14-15,17H2,1-3H3/t18-,19?/m1/s1. The number of benzene rings is 2. The average Bonchev–Trinajstić information content (AvgIpc) is 3.38. The lowest BCUT2D eigenvalue weighted by atomic mass is 10.1. The third-order valence-electron chi connectivity index (χ3n) is 6.98. The first-order valence-corrected chi connectivity index (χ1v) is 11.9. The van der Waals surface area contributed by atoms with Crippen LogP contribution in [-0.4, -0.2) is 39.3 Å². The molecule has 1 fully saturated rings. The van der Waals surface area contributed by atoms with Crippen molar-refractivity contribution in [1.82, 2.24) is 19.4 Å². The third kappa shape index (κ3) is 3.41. The Morgan fingerprint density at radius 3 is 2.50 bits per heavy atom. The van der Waals surface area contributed by atoms with E-state index < -0.39 is 0 Å². The molecule has 0 amide bonds. The summed E-state index contributed by atoms with van der Waals surface area (Å²) in [7, 11) is 0. The maximum absolute atomic E-state index is 9.14. The number of anilines is 1. The van der Waals surface area contributed by atoms with Crippen LogP contribution in [0.3, 0.4) is 0 Å². The van der Waals surface area contributed by atoms with Gasteiger partial charge in [0.1, 0.15) is 0 Å². The number of nitrogens with one attached hydrogen (secondary N) is 1. The van der Waals surface area contributed by atoms with Gasteiger partial charge in [0.05, 0.1) is 23.0 Å². The van der Waals surface area contributed by atoms with Crippen molar-refractivity contribution in [2.24, 2.45) is 0 Å². The highest BCUT2D eigenvalue weighted by Gasteiger charge is 2.25. The van der Waals surface area contributed by atoms with Crippen LogP contribution >= 0.6 is 0 Å². The summed E-state index contributed by atoms with van der Waals surface area (Å²) in [5.41, 5.74) is 8.92. The van der Waals surface area contributed by atoms with Gasteiger partial charge in [-0.2, -0.15) is 5.26 Å². The number of aromatic nitrogens is 3. The molecule has 2 aliphatic rings. The van der Waals surface area contributed by atoms with E-state index in [4.69, 9.17) is 10.2 Å². The second kappa shape index (κ2) is 7.89. The molecule has 0 bridgehead atoms. The van der Waals surface area contributed by atoms with Gasteiger partial charge >= 0.3 is 0 Å². The summed E-state index contributed by atoms with van der Waals surface area (Å²) in [6, 6.07) is 20.0. The number of piperazine rings is 1. The topological polar surface area (TPSA) is 61.8 Å². The lowest BCUT2D eigenvalue weighted by Gasteiger charge is -2.38. The van der Waals surface area contributed by atoms with E-state index in [2.05, 4.69) is 76.7 Å². The number of aryl methyl sites for hydroxylation is 1. The largest absolute Gasteiger partial charge is 0.368 e. The van der Waals surface area contributed by atoms with Crippen molar-refractivity contribution in [3.63, 3.8) is 0 Å². The van der Waals surface area contributed by atoms with E-state index in [1.165, 1.54) is 16.9 Å². The molecule has 6 rings (SSSR count). The van der Waals surface area contributed by atoms with Crippen LogP contribution in [0, 0.1) is 18.3 Å². The lowest BCUT2D eigenvalue weighted by molar-refractivity contribution is 0.407. The van der Waals surface area contributed by atoms with Crippen LogP contribution < -0.4 is 10.2 Å². The van der Waals surface area contributed by atoms with Gasteiger partial charge in [-0.15, -0.1) is 0 Å². The van der Waals surface area contributed by atoms with E-state index in [-0.39, 0.29) is 0 Å². The summed E-state index contributed by atoms with van der Waals surface area (Å²) in [4.78, 5) is 7.30. The van der Waals surface area contributed by atoms with Crippen LogP contribution in [0.4, 0.5) is 5.69 Å². The van der Waals surface area contributed by atoms with Crippen LogP contribution in [0.1, 0.15) is 30.7 Å². The normalized spacial score (nSPS) is 19.1. The number of nitriles is 1. The number of hydrogen-bond acceptors (Lipinski definition) is 4. The minimum atomic E-state index is 0.469. The van der Waals surface area contributed by atoms with E-state index in [0.717, 1.165) is 48.0 Å². The van der Waals surface area contributed by atoms with Gasteiger partial charge in [-0.25, -0.2) is 4.98 Å². The second-order valence-corrected chi connectivity index (χ2v) is 9.68. The van der Waals surface area contributed by atoms with E-state index in [9.17, 15) is 0 Å². The SMILES string of the molecule is Cc1cnc2n1-c1ccc(N3CC(C)N[C@H](C)C3)cc1Cn1cc(-c3ccc(C#N)cc3)cc1-2. The maximum Gasteiger partial charge on any atom is 0.161 e. The fraction of sp³-hybridized carbons (Fsp3) is 0.286. The quantitative estimate of drug-likeness (QED) is 0.424. The number of rotatable bonds is 2. The number of fused-ring (bicyclic) bond motifs is 5. The van der Waals surface area contributed by atoms with Crippen molar-refractivity contribution < 1.29 is 0 Å². The molecule has 1 unspecified atom stereocenters. The Morgan fingerprint density at radius 2 is 1.76 bits per heavy atom. The third-order valence-corrected chi connectivity index (χ3v) is 6.98. The van der Waals surface area contributed by atoms with E-state index >= 15 is 0 Å². The van der Waals surface area contributed by atoms with Crippen molar-refractivity contribution >= 4 is 5.69 Å². The smallest absolute Gasteiger partial charge is 0.161 e. The molecule has 2 aromatic heterocycles. The van der Waals surface area contributed by atoms with E-state index in [1.54, 1.807) is 0 Å². The molecule has 6 nitrogen and oxygen atoms in total. The van der Waals surface area contributed by atoms with Gasteiger partial charge in [-0.05, 0) is 68.3 Å². The predicted molar refractivity (Wildman–Crippen MR) is 135 cm³/mol. The summed E-state index contributed by atoms with van der Waals surface area (Å²) < 4.78 is 4.59. The molecule has 170 valence electrons. The Bertz CT molecular complexity index is 1410. The molecule has 34 heavy (non-hydrogen) atoms. The minimum Gasteiger partial charge on any atom is -0.368 e. The van der Waals surface area contributed by atoms with E-state index in [1.807, 2.05) is 30.5 Å². The molecule has 1 N–H and O–H groups in total. The van der Waals surface area contributed by atoms with Gasteiger partial charge in [-0.3, -0.25) is 4.57 Å². The molecule has 0 spiro atoms. The van der Waals surface area contributed by atoms with Gasteiger partial charge in [0.15, 0.2) is 5.82 Å². The minimum absolute atomic E-state index is 0.469. The van der Waals surface area contributed by atoms with Gasteiger partial charge in [0.2, 0.25) is 0 Å². The van der Waals surface area contributed by atoms with Gasteiger partial charge in [0.25, 0.3) is 0 Å². The summed E-state index contributed by atoms with van der Waals surface area (Å²) in [6.45, 7) is 9.43. The fourth-order valence-electron chi connectivity index (χ4n) is 5.48. The Hall–Kier alpha value is -3.82. The van der Waals surface area contributed by atoms with E-state index in [0.29, 0.717) is 17.6 Å². The Kier molecular flexibility index (Phi) is 4.82. The van der Waals surface area contributed by atoms with Crippen molar-refractivity contribution in [2.45, 2.75) is 39.4 Å². The van der Waals surface area contributed by atoms with Gasteiger partial charge in [0, 0.05) is 61.1 Å². The first kappa shape index (κ1) is 20.8. The van der Waals surface area contributed by atoms with Crippen LogP contribution in [-0.2, 0) is 6.54 Å². The molecular weight excluding hydrogens is 420 g/mol. The molecule has 2 aromatic carbocycles. The molecule has 1 saturated heterocycles. The van der Waals surface area contributed by atoms with Gasteiger partial charge in [-0.1, -0.05) is 12.1 Å². The van der Waals surface area contributed by atoms with Crippen LogP contribution in [0.25, 0.3) is 28.3 Å². The summed E-state index contributed by atoms with van der Waals surface area (Å²) in [5, 5.41) is 12.8. The molecule has 4 aromatic rings. The summed E-state index contributed by atoms with van der Waals surface area (Å²) in [6.07, 6.45) is 4.17. The lowest BCUT2D eigenvalue weighted by Crippen LogP contribution is -2.54. The molecule has 0 saturated carbocycles. The maximum atomic E-state index is 9.14. The first-order valence-electron chi connectivity index (χ1n) is 11.9. The number of nitrogens with zero attached hydrogens (tertiary/aromatic N) is 5. The van der Waals surface area contributed by atoms with Gasteiger partial charge < -0.3 is 14.8 Å². The summed E-state index contributed by atoms with van der Waals surface area (Å²) in [5.74, 6) is 0.966. The first-order chi connectivity index (χ1) is 16.5. The number of imidazole rings is 1. The van der Waals surface area contributed by atoms with Crippen LogP contribution in [0.5, 0.6) is 0 Å².